The van der Waals surface area contributed by atoms with E-state index in [-0.39, 0.29) is 6.04 Å². The number of nitrogens with zero attached hydrogens (tertiary/aromatic N) is 2. The molecule has 0 aromatic rings. The Balaban J connectivity index is 2.14. The fourth-order valence-corrected chi connectivity index (χ4v) is 1.54. The molecule has 1 fully saturated rings. The van der Waals surface area contributed by atoms with Gasteiger partial charge in [-0.25, -0.2) is 5.01 Å². The average Bonchev–Trinajstić information content (AvgIpc) is 2.44. The van der Waals surface area contributed by atoms with Gasteiger partial charge in [0.1, 0.15) is 12.3 Å². The van der Waals surface area contributed by atoms with Gasteiger partial charge < -0.3 is 9.80 Å². The number of aldehydes is 1. The van der Waals surface area contributed by atoms with Gasteiger partial charge in [-0.15, -0.1) is 0 Å². The summed E-state index contributed by atoms with van der Waals surface area (Å²) in [5.41, 5.74) is 0. The summed E-state index contributed by atoms with van der Waals surface area (Å²) in [6.07, 6.45) is 6.07. The number of rotatable bonds is 1. The molecule has 3 nitrogen and oxygen atoms in total. The van der Waals surface area contributed by atoms with Crippen molar-refractivity contribution in [2.75, 3.05) is 13.1 Å². The van der Waals surface area contributed by atoms with Gasteiger partial charge in [-0.3, -0.25) is 0 Å². The van der Waals surface area contributed by atoms with Crippen LogP contribution in [0.5, 0.6) is 0 Å². The van der Waals surface area contributed by atoms with Gasteiger partial charge in [0.2, 0.25) is 0 Å². The molecule has 54 valence electrons. The predicted molar refractivity (Wildman–Crippen MR) is 37.0 cm³/mol. The van der Waals surface area contributed by atoms with E-state index in [0.29, 0.717) is 0 Å². The lowest BCUT2D eigenvalue weighted by molar-refractivity contribution is -0.112. The van der Waals surface area contributed by atoms with E-state index in [0.717, 1.165) is 25.8 Å². The van der Waals surface area contributed by atoms with Crippen LogP contribution in [-0.4, -0.2) is 35.4 Å². The zero-order chi connectivity index (χ0) is 6.97. The molecule has 0 radical (unpaired) electrons. The predicted octanol–water partition coefficient (Wildman–Crippen LogP) is 0.00390. The maximum absolute atomic E-state index is 10.4. The average molecular weight is 138 g/mol. The van der Waals surface area contributed by atoms with E-state index in [2.05, 4.69) is 11.1 Å². The van der Waals surface area contributed by atoms with Crippen LogP contribution < -0.4 is 0 Å². The van der Waals surface area contributed by atoms with Crippen molar-refractivity contribution in [1.82, 2.24) is 10.0 Å². The van der Waals surface area contributed by atoms with E-state index in [1.54, 1.807) is 0 Å². The zero-order valence-electron chi connectivity index (χ0n) is 5.73. The number of fused-ring (bicyclic) bond motifs is 1. The SMILES string of the molecule is O=CC1CCN2CC=CN12. The van der Waals surface area contributed by atoms with Gasteiger partial charge in [0.25, 0.3) is 0 Å². The molecule has 0 saturated carbocycles. The van der Waals surface area contributed by atoms with Gasteiger partial charge >= 0.3 is 0 Å². The highest BCUT2D eigenvalue weighted by atomic mass is 16.1. The third-order valence-electron chi connectivity index (χ3n) is 2.08. The molecule has 0 N–H and O–H groups in total. The minimum atomic E-state index is 0.110. The van der Waals surface area contributed by atoms with Crippen LogP contribution in [0, 0.1) is 0 Å². The first kappa shape index (κ1) is 5.92. The van der Waals surface area contributed by atoms with E-state index in [1.807, 2.05) is 11.2 Å². The molecule has 1 unspecified atom stereocenters. The number of carbonyl (C=O) groups excluding carboxylic acids is 1. The van der Waals surface area contributed by atoms with E-state index in [1.165, 1.54) is 0 Å². The Hall–Kier alpha value is -0.830. The minimum Gasteiger partial charge on any atom is -0.303 e. The first-order valence-electron chi connectivity index (χ1n) is 3.57. The molecule has 3 heteroatoms. The monoisotopic (exact) mass is 138 g/mol. The van der Waals surface area contributed by atoms with Gasteiger partial charge in [0.05, 0.1) is 0 Å². The summed E-state index contributed by atoms with van der Waals surface area (Å²) in [5.74, 6) is 0. The molecule has 2 heterocycles. The second-order valence-electron chi connectivity index (χ2n) is 2.67. The lowest BCUT2D eigenvalue weighted by Crippen LogP contribution is -2.33. The molecule has 0 aromatic heterocycles. The summed E-state index contributed by atoms with van der Waals surface area (Å²) >= 11 is 0. The van der Waals surface area contributed by atoms with E-state index in [9.17, 15) is 4.79 Å². The first-order valence-corrected chi connectivity index (χ1v) is 3.57. The molecule has 0 aliphatic carbocycles. The standard InChI is InChI=1S/C7H10N2O/c10-6-7-2-5-8-3-1-4-9(7)8/h1,4,6-7H,2-3,5H2. The zero-order valence-corrected chi connectivity index (χ0v) is 5.73. The van der Waals surface area contributed by atoms with Gasteiger partial charge in [-0.1, -0.05) is 6.08 Å². The van der Waals surface area contributed by atoms with Crippen molar-refractivity contribution in [1.29, 1.82) is 0 Å². The molecule has 0 amide bonds. The summed E-state index contributed by atoms with van der Waals surface area (Å²) in [5, 5.41) is 4.20. The molecule has 0 bridgehead atoms. The van der Waals surface area contributed by atoms with Gasteiger partial charge in [-0.05, 0) is 6.42 Å². The number of hydrazine groups is 1. The lowest BCUT2D eigenvalue weighted by atomic mass is 10.2. The van der Waals surface area contributed by atoms with Crippen LogP contribution in [0.4, 0.5) is 0 Å². The Morgan fingerprint density at radius 2 is 2.50 bits per heavy atom. The minimum absolute atomic E-state index is 0.110. The largest absolute Gasteiger partial charge is 0.303 e. The quantitative estimate of drug-likeness (QED) is 0.477. The molecule has 2 rings (SSSR count). The second kappa shape index (κ2) is 2.09. The summed E-state index contributed by atoms with van der Waals surface area (Å²) in [4.78, 5) is 10.4. The molecule has 2 aliphatic heterocycles. The van der Waals surface area contributed by atoms with E-state index in [4.69, 9.17) is 0 Å². The fraction of sp³-hybridized carbons (Fsp3) is 0.571. The summed E-state index contributed by atoms with van der Waals surface area (Å²) in [7, 11) is 0. The van der Waals surface area contributed by atoms with Crippen molar-refractivity contribution in [2.24, 2.45) is 0 Å². The maximum Gasteiger partial charge on any atom is 0.144 e. The second-order valence-corrected chi connectivity index (χ2v) is 2.67. The molecule has 2 aliphatic rings. The first-order chi connectivity index (χ1) is 4.92. The number of carbonyl (C=O) groups is 1. The Bertz CT molecular complexity index is 178. The lowest BCUT2D eigenvalue weighted by Gasteiger charge is -2.22. The van der Waals surface area contributed by atoms with Crippen molar-refractivity contribution in [2.45, 2.75) is 12.5 Å². The summed E-state index contributed by atoms with van der Waals surface area (Å²) < 4.78 is 0. The molecule has 1 saturated heterocycles. The Kier molecular flexibility index (Phi) is 1.24. The Labute approximate surface area is 59.9 Å². The Morgan fingerprint density at radius 1 is 1.60 bits per heavy atom. The maximum atomic E-state index is 10.4. The number of hydrogen-bond donors (Lipinski definition) is 0. The fourth-order valence-electron chi connectivity index (χ4n) is 1.54. The summed E-state index contributed by atoms with van der Waals surface area (Å²) in [6.45, 7) is 2.00. The van der Waals surface area contributed by atoms with E-state index < -0.39 is 0 Å². The van der Waals surface area contributed by atoms with Crippen molar-refractivity contribution in [3.05, 3.63) is 12.3 Å². The van der Waals surface area contributed by atoms with Crippen molar-refractivity contribution >= 4 is 6.29 Å². The highest BCUT2D eigenvalue weighted by molar-refractivity contribution is 5.58. The van der Waals surface area contributed by atoms with Crippen LogP contribution >= 0.6 is 0 Å². The van der Waals surface area contributed by atoms with Crippen LogP contribution in [0.3, 0.4) is 0 Å². The van der Waals surface area contributed by atoms with E-state index >= 15 is 0 Å². The van der Waals surface area contributed by atoms with Crippen LogP contribution in [0.1, 0.15) is 6.42 Å². The normalized spacial score (nSPS) is 31.2. The van der Waals surface area contributed by atoms with Crippen molar-refractivity contribution in [3.63, 3.8) is 0 Å². The van der Waals surface area contributed by atoms with Gasteiger partial charge in [-0.2, -0.15) is 0 Å². The molecular weight excluding hydrogens is 128 g/mol. The molecule has 1 atom stereocenters. The highest BCUT2D eigenvalue weighted by Crippen LogP contribution is 2.20. The molecule has 0 spiro atoms. The van der Waals surface area contributed by atoms with Gasteiger partial charge in [0.15, 0.2) is 0 Å². The van der Waals surface area contributed by atoms with Crippen LogP contribution in [-0.2, 0) is 4.79 Å². The van der Waals surface area contributed by atoms with Crippen molar-refractivity contribution in [3.8, 4) is 0 Å². The smallest absolute Gasteiger partial charge is 0.144 e. The van der Waals surface area contributed by atoms with Crippen LogP contribution in [0.2, 0.25) is 0 Å². The summed E-state index contributed by atoms with van der Waals surface area (Å²) in [6, 6.07) is 0.110. The third-order valence-corrected chi connectivity index (χ3v) is 2.08. The topological polar surface area (TPSA) is 23.6 Å². The van der Waals surface area contributed by atoms with Gasteiger partial charge in [0, 0.05) is 19.3 Å². The molecular formula is C7H10N2O. The van der Waals surface area contributed by atoms with Crippen molar-refractivity contribution < 1.29 is 4.79 Å². The third kappa shape index (κ3) is 0.671. The number of hydrogen-bond acceptors (Lipinski definition) is 3. The van der Waals surface area contributed by atoms with Crippen LogP contribution in [0.15, 0.2) is 12.3 Å². The highest BCUT2D eigenvalue weighted by Gasteiger charge is 2.30. The Morgan fingerprint density at radius 3 is 3.30 bits per heavy atom. The van der Waals surface area contributed by atoms with Crippen LogP contribution in [0.25, 0.3) is 0 Å². The molecule has 0 aromatic carbocycles. The molecule has 10 heavy (non-hydrogen) atoms.